The Morgan fingerprint density at radius 3 is 2.59 bits per heavy atom. The van der Waals surface area contributed by atoms with Gasteiger partial charge in [0.05, 0.1) is 24.6 Å². The van der Waals surface area contributed by atoms with Crippen molar-refractivity contribution in [1.82, 2.24) is 25.2 Å². The molecule has 1 aromatic carbocycles. The van der Waals surface area contributed by atoms with Gasteiger partial charge in [-0.25, -0.2) is 9.97 Å². The molecule has 0 spiro atoms. The number of likely N-dealkylation sites (tertiary alicyclic amines) is 1. The van der Waals surface area contributed by atoms with E-state index in [4.69, 9.17) is 16.3 Å². The maximum absolute atomic E-state index is 12.3. The van der Waals surface area contributed by atoms with Crippen LogP contribution >= 0.6 is 11.6 Å². The van der Waals surface area contributed by atoms with E-state index in [9.17, 15) is 4.79 Å². The van der Waals surface area contributed by atoms with Crippen molar-refractivity contribution >= 4 is 40.6 Å². The normalized spacial score (nSPS) is 17.5. The number of hydrogen-bond acceptors (Lipinski definition) is 8. The number of hydrogen-bond donors (Lipinski definition) is 3. The number of pyridine rings is 1. The van der Waals surface area contributed by atoms with Crippen LogP contribution in [0.15, 0.2) is 36.7 Å². The highest BCUT2D eigenvalue weighted by Crippen LogP contribution is 2.31. The van der Waals surface area contributed by atoms with Crippen molar-refractivity contribution in [3.05, 3.63) is 58.4 Å². The van der Waals surface area contributed by atoms with Gasteiger partial charge in [-0.05, 0) is 74.9 Å². The Labute approximate surface area is 222 Å². The number of carbonyl (C=O) groups is 1. The van der Waals surface area contributed by atoms with Crippen LogP contribution in [-0.4, -0.2) is 59.0 Å². The molecule has 1 amide bonds. The second kappa shape index (κ2) is 11.3. The third-order valence-corrected chi connectivity index (χ3v) is 7.45. The number of amides is 1. The highest BCUT2D eigenvalue weighted by atomic mass is 35.5. The quantitative estimate of drug-likeness (QED) is 0.383. The number of rotatable bonds is 7. The minimum Gasteiger partial charge on any atom is -0.481 e. The summed E-state index contributed by atoms with van der Waals surface area (Å²) in [5.41, 5.74) is 4.56. The predicted molar refractivity (Wildman–Crippen MR) is 145 cm³/mol. The number of ether oxygens (including phenoxy) is 1. The molecule has 2 aromatic heterocycles. The molecule has 5 rings (SSSR count). The van der Waals surface area contributed by atoms with Gasteiger partial charge in [-0.2, -0.15) is 4.98 Å². The number of aryl methyl sites for hydroxylation is 2. The van der Waals surface area contributed by atoms with Crippen molar-refractivity contribution in [2.75, 3.05) is 37.9 Å². The van der Waals surface area contributed by atoms with Crippen LogP contribution in [0.2, 0.25) is 5.02 Å². The Hall–Kier alpha value is -3.43. The summed E-state index contributed by atoms with van der Waals surface area (Å²) in [6.07, 6.45) is 10.3. The van der Waals surface area contributed by atoms with Crippen LogP contribution in [0.1, 0.15) is 47.2 Å². The first kappa shape index (κ1) is 25.2. The number of methoxy groups -OCH3 is 1. The minimum absolute atomic E-state index is 0.293. The zero-order valence-corrected chi connectivity index (χ0v) is 21.9. The van der Waals surface area contributed by atoms with Gasteiger partial charge >= 0.3 is 0 Å². The lowest BCUT2D eigenvalue weighted by Gasteiger charge is -2.25. The summed E-state index contributed by atoms with van der Waals surface area (Å²) < 4.78 is 5.22. The van der Waals surface area contributed by atoms with E-state index in [1.54, 1.807) is 13.1 Å². The molecule has 2 aliphatic rings. The smallest absolute Gasteiger partial charge is 0.254 e. The lowest BCUT2D eigenvalue weighted by molar-refractivity contribution is 0.0963. The van der Waals surface area contributed by atoms with E-state index in [0.717, 1.165) is 18.5 Å². The third kappa shape index (κ3) is 5.78. The molecule has 0 unspecified atom stereocenters. The van der Waals surface area contributed by atoms with E-state index in [-0.39, 0.29) is 5.91 Å². The van der Waals surface area contributed by atoms with Crippen molar-refractivity contribution in [1.29, 1.82) is 0 Å². The van der Waals surface area contributed by atoms with Crippen molar-refractivity contribution in [2.24, 2.45) is 0 Å². The van der Waals surface area contributed by atoms with E-state index >= 15 is 0 Å². The second-order valence-electron chi connectivity index (χ2n) is 9.45. The number of anilines is 4. The molecule has 1 atom stereocenters. The largest absolute Gasteiger partial charge is 0.481 e. The van der Waals surface area contributed by atoms with Gasteiger partial charge in [0.2, 0.25) is 11.8 Å². The number of fused-ring (bicyclic) bond motifs is 1. The summed E-state index contributed by atoms with van der Waals surface area (Å²) in [5.74, 6) is 0.826. The van der Waals surface area contributed by atoms with E-state index in [1.165, 1.54) is 69.4 Å². The summed E-state index contributed by atoms with van der Waals surface area (Å²) in [6.45, 7) is 2.49. The maximum atomic E-state index is 12.3. The number of aromatic nitrogens is 3. The van der Waals surface area contributed by atoms with E-state index in [2.05, 4.69) is 54.0 Å². The Kier molecular flexibility index (Phi) is 7.71. The molecular weight excluding hydrogens is 490 g/mol. The molecule has 0 radical (unpaired) electrons. The van der Waals surface area contributed by atoms with Crippen molar-refractivity contribution < 1.29 is 9.53 Å². The number of halogens is 1. The van der Waals surface area contributed by atoms with Gasteiger partial charge in [-0.15, -0.1) is 0 Å². The van der Waals surface area contributed by atoms with Gasteiger partial charge in [0, 0.05) is 31.0 Å². The molecule has 0 saturated carbocycles. The van der Waals surface area contributed by atoms with E-state index < -0.39 is 0 Å². The summed E-state index contributed by atoms with van der Waals surface area (Å²) in [6, 6.07) is 8.82. The molecule has 1 saturated heterocycles. The van der Waals surface area contributed by atoms with Crippen LogP contribution in [0.25, 0.3) is 0 Å². The second-order valence-corrected chi connectivity index (χ2v) is 9.86. The minimum atomic E-state index is -0.293. The summed E-state index contributed by atoms with van der Waals surface area (Å²) in [7, 11) is 3.07. The topological polar surface area (TPSA) is 104 Å². The fourth-order valence-electron chi connectivity index (χ4n) is 5.18. The van der Waals surface area contributed by atoms with Gasteiger partial charge in [0.25, 0.3) is 5.91 Å². The molecule has 3 N–H and O–H groups in total. The molecular formula is C27H32ClN7O2. The average molecular weight is 522 g/mol. The number of carbonyl (C=O) groups excluding carboxylic acids is 1. The van der Waals surface area contributed by atoms with E-state index in [1.807, 2.05) is 0 Å². The lowest BCUT2D eigenvalue weighted by Crippen LogP contribution is -2.32. The Morgan fingerprint density at radius 2 is 1.84 bits per heavy atom. The summed E-state index contributed by atoms with van der Waals surface area (Å²) >= 11 is 6.40. The molecule has 9 nitrogen and oxygen atoms in total. The molecule has 3 heterocycles. The first-order valence-electron chi connectivity index (χ1n) is 12.7. The van der Waals surface area contributed by atoms with Gasteiger partial charge < -0.3 is 25.6 Å². The fraction of sp³-hybridized carbons (Fsp3) is 0.407. The monoisotopic (exact) mass is 521 g/mol. The fourth-order valence-corrected chi connectivity index (χ4v) is 5.32. The Balaban J connectivity index is 1.33. The van der Waals surface area contributed by atoms with Crippen LogP contribution in [0, 0.1) is 0 Å². The number of nitrogens with one attached hydrogen (secondary N) is 3. The van der Waals surface area contributed by atoms with Crippen LogP contribution in [0.3, 0.4) is 0 Å². The molecule has 0 bridgehead atoms. The zero-order chi connectivity index (χ0) is 25.8. The van der Waals surface area contributed by atoms with Crippen molar-refractivity contribution in [3.63, 3.8) is 0 Å². The first-order valence-corrected chi connectivity index (χ1v) is 13.1. The molecule has 1 fully saturated rings. The number of benzene rings is 1. The van der Waals surface area contributed by atoms with Crippen LogP contribution in [0.4, 0.5) is 23.1 Å². The highest BCUT2D eigenvalue weighted by Gasteiger charge is 2.24. The summed E-state index contributed by atoms with van der Waals surface area (Å²) in [5, 5.41) is 9.39. The molecule has 194 valence electrons. The molecule has 1 aliphatic heterocycles. The van der Waals surface area contributed by atoms with Gasteiger partial charge in [-0.1, -0.05) is 17.7 Å². The predicted octanol–water partition coefficient (Wildman–Crippen LogP) is 4.72. The van der Waals surface area contributed by atoms with Gasteiger partial charge in [0.1, 0.15) is 5.02 Å². The van der Waals surface area contributed by atoms with Crippen LogP contribution < -0.4 is 20.7 Å². The summed E-state index contributed by atoms with van der Waals surface area (Å²) in [4.78, 5) is 28.1. The van der Waals surface area contributed by atoms with Gasteiger partial charge in [0.15, 0.2) is 5.82 Å². The van der Waals surface area contributed by atoms with E-state index in [0.29, 0.717) is 40.0 Å². The third-order valence-electron chi connectivity index (χ3n) is 7.17. The van der Waals surface area contributed by atoms with Crippen LogP contribution in [-0.2, 0) is 12.8 Å². The molecule has 3 aromatic rings. The number of nitrogens with zero attached hydrogens (tertiary/aromatic N) is 4. The highest BCUT2D eigenvalue weighted by molar-refractivity contribution is 6.33. The zero-order valence-electron chi connectivity index (χ0n) is 21.2. The first-order chi connectivity index (χ1) is 18.0. The van der Waals surface area contributed by atoms with Crippen molar-refractivity contribution in [3.8, 4) is 5.88 Å². The molecule has 1 aliphatic carbocycles. The lowest BCUT2D eigenvalue weighted by atomic mass is 10.0. The van der Waals surface area contributed by atoms with Crippen molar-refractivity contribution in [2.45, 2.75) is 44.6 Å². The Morgan fingerprint density at radius 1 is 1.05 bits per heavy atom. The SMILES string of the molecule is CNC(=O)c1cnc(OC)cc1Nc1nc(Nc2ccc3c(c2)CC[C@@H](N2CCCC2)CC3)ncc1Cl. The standard InChI is InChI=1S/C27H32ClN7O2/c1-29-26(36)21-15-30-24(37-2)14-23(21)33-25-22(28)16-31-27(34-25)32-19-8-5-17-6-9-20(10-7-18(17)13-19)35-11-3-4-12-35/h5,8,13-16,20H,3-4,6-7,9-12H2,1-2H3,(H,29,36)(H2,30,31,32,33,34)/t20-/m0/s1. The maximum Gasteiger partial charge on any atom is 0.254 e. The van der Waals surface area contributed by atoms with Crippen LogP contribution in [0.5, 0.6) is 5.88 Å². The molecule has 37 heavy (non-hydrogen) atoms. The average Bonchev–Trinajstić information content (AvgIpc) is 3.37. The molecule has 10 heteroatoms. The van der Waals surface area contributed by atoms with Gasteiger partial charge in [-0.3, -0.25) is 4.79 Å². The Bertz CT molecular complexity index is 1280.